The Morgan fingerprint density at radius 3 is 2.56 bits per heavy atom. The number of fused-ring (bicyclic) bond motifs is 1. The number of hydrogen-bond donors (Lipinski definition) is 1. The molecule has 0 spiro atoms. The minimum absolute atomic E-state index is 0.628. The van der Waals surface area contributed by atoms with Crippen LogP contribution in [-0.4, -0.2) is 11.0 Å². The summed E-state index contributed by atoms with van der Waals surface area (Å²) in [5.41, 5.74) is 2.08. The Kier molecular flexibility index (Phi) is 4.84. The Labute approximate surface area is 149 Å². The van der Waals surface area contributed by atoms with Crippen molar-refractivity contribution < 1.29 is 4.42 Å². The van der Waals surface area contributed by atoms with E-state index in [0.717, 1.165) is 29.5 Å². The van der Waals surface area contributed by atoms with Gasteiger partial charge in [-0.3, -0.25) is 0 Å². The van der Waals surface area contributed by atoms with Crippen molar-refractivity contribution in [2.24, 2.45) is 0 Å². The minimum Gasteiger partial charge on any atom is -0.441 e. The highest BCUT2D eigenvalue weighted by Crippen LogP contribution is 2.26. The molecule has 25 heavy (non-hydrogen) atoms. The Hall–Kier alpha value is -2.13. The van der Waals surface area contributed by atoms with Crippen molar-refractivity contribution in [3.63, 3.8) is 0 Å². The summed E-state index contributed by atoms with van der Waals surface area (Å²) >= 11 is 0. The van der Waals surface area contributed by atoms with Crippen LogP contribution >= 0.6 is 0 Å². The van der Waals surface area contributed by atoms with Crippen molar-refractivity contribution >= 4 is 10.8 Å². The van der Waals surface area contributed by atoms with E-state index < -0.39 is 0 Å². The molecule has 1 saturated carbocycles. The third-order valence-corrected chi connectivity index (χ3v) is 5.30. The van der Waals surface area contributed by atoms with Crippen LogP contribution < -0.4 is 5.32 Å². The monoisotopic (exact) mass is 334 g/mol. The maximum Gasteiger partial charge on any atom is 0.226 e. The predicted octanol–water partition coefficient (Wildman–Crippen LogP) is 5.62. The van der Waals surface area contributed by atoms with Gasteiger partial charge in [-0.1, -0.05) is 56.0 Å². The van der Waals surface area contributed by atoms with Gasteiger partial charge in [-0.15, -0.1) is 0 Å². The first kappa shape index (κ1) is 16.3. The summed E-state index contributed by atoms with van der Waals surface area (Å²) in [6.07, 6.45) is 8.03. The number of hydrogen-bond acceptors (Lipinski definition) is 3. The molecule has 1 aliphatic rings. The molecular formula is C22H26N2O. The molecule has 1 fully saturated rings. The van der Waals surface area contributed by atoms with Crippen molar-refractivity contribution in [1.82, 2.24) is 10.3 Å². The normalized spacial score (nSPS) is 16.2. The zero-order valence-corrected chi connectivity index (χ0v) is 14.9. The predicted molar refractivity (Wildman–Crippen MR) is 103 cm³/mol. The number of nitrogens with zero attached hydrogens (tertiary/aromatic N) is 1. The number of rotatable bonds is 4. The second-order valence-electron chi connectivity index (χ2n) is 7.15. The molecule has 3 aromatic rings. The molecule has 3 heteroatoms. The molecule has 130 valence electrons. The molecule has 0 unspecified atom stereocenters. The van der Waals surface area contributed by atoms with E-state index in [1.807, 2.05) is 6.92 Å². The fraction of sp³-hybridized carbons (Fsp3) is 0.409. The first-order chi connectivity index (χ1) is 12.3. The van der Waals surface area contributed by atoms with Gasteiger partial charge in [-0.25, -0.2) is 4.98 Å². The fourth-order valence-electron chi connectivity index (χ4n) is 3.76. The van der Waals surface area contributed by atoms with Crippen LogP contribution in [0, 0.1) is 6.92 Å². The molecule has 1 aromatic heterocycles. The molecule has 0 radical (unpaired) electrons. The van der Waals surface area contributed by atoms with E-state index in [1.165, 1.54) is 49.3 Å². The van der Waals surface area contributed by atoms with Crippen molar-refractivity contribution in [3.05, 3.63) is 53.9 Å². The van der Waals surface area contributed by atoms with Gasteiger partial charge in [0.1, 0.15) is 5.76 Å². The second-order valence-corrected chi connectivity index (χ2v) is 7.15. The summed E-state index contributed by atoms with van der Waals surface area (Å²) in [6, 6.07) is 15.4. The van der Waals surface area contributed by atoms with Crippen LogP contribution in [-0.2, 0) is 6.54 Å². The molecule has 1 aliphatic carbocycles. The third-order valence-electron chi connectivity index (χ3n) is 5.30. The summed E-state index contributed by atoms with van der Waals surface area (Å²) in [7, 11) is 0. The molecule has 0 aliphatic heterocycles. The molecule has 0 atom stereocenters. The number of aromatic nitrogens is 1. The van der Waals surface area contributed by atoms with Gasteiger partial charge in [-0.05, 0) is 42.7 Å². The first-order valence-electron chi connectivity index (χ1n) is 9.48. The number of oxazole rings is 1. The molecular weight excluding hydrogens is 308 g/mol. The molecule has 0 amide bonds. The molecule has 1 N–H and O–H groups in total. The highest BCUT2D eigenvalue weighted by molar-refractivity contribution is 5.86. The highest BCUT2D eigenvalue weighted by atomic mass is 16.4. The van der Waals surface area contributed by atoms with E-state index >= 15 is 0 Å². The minimum atomic E-state index is 0.628. The second kappa shape index (κ2) is 7.40. The van der Waals surface area contributed by atoms with Crippen LogP contribution in [0.5, 0.6) is 0 Å². The SMILES string of the molecule is Cc1oc(-c2ccc3ccccc3c2)nc1CNC1CCCCCC1. The van der Waals surface area contributed by atoms with Gasteiger partial charge in [0.2, 0.25) is 5.89 Å². The molecule has 0 bridgehead atoms. The lowest BCUT2D eigenvalue weighted by atomic mass is 10.1. The van der Waals surface area contributed by atoms with Crippen LogP contribution in [0.25, 0.3) is 22.2 Å². The van der Waals surface area contributed by atoms with E-state index in [4.69, 9.17) is 9.40 Å². The number of benzene rings is 2. The van der Waals surface area contributed by atoms with Crippen LogP contribution in [0.2, 0.25) is 0 Å². The standard InChI is InChI=1S/C22H26N2O/c1-16-21(15-23-20-10-4-2-3-5-11-20)24-22(25-16)19-13-12-17-8-6-7-9-18(17)14-19/h6-9,12-14,20,23H,2-5,10-11,15H2,1H3. The van der Waals surface area contributed by atoms with E-state index in [2.05, 4.69) is 47.8 Å². The summed E-state index contributed by atoms with van der Waals surface area (Å²) in [6.45, 7) is 2.81. The maximum atomic E-state index is 5.96. The summed E-state index contributed by atoms with van der Waals surface area (Å²) in [5, 5.41) is 6.15. The van der Waals surface area contributed by atoms with Crippen LogP contribution in [0.15, 0.2) is 46.9 Å². The lowest BCUT2D eigenvalue weighted by molar-refractivity contribution is 0.453. The zero-order chi connectivity index (χ0) is 17.1. The largest absolute Gasteiger partial charge is 0.441 e. The van der Waals surface area contributed by atoms with Crippen LogP contribution in [0.3, 0.4) is 0 Å². The van der Waals surface area contributed by atoms with Gasteiger partial charge < -0.3 is 9.73 Å². The Morgan fingerprint density at radius 2 is 1.76 bits per heavy atom. The van der Waals surface area contributed by atoms with E-state index in [-0.39, 0.29) is 0 Å². The topological polar surface area (TPSA) is 38.1 Å². The smallest absolute Gasteiger partial charge is 0.226 e. The van der Waals surface area contributed by atoms with Crippen molar-refractivity contribution in [1.29, 1.82) is 0 Å². The van der Waals surface area contributed by atoms with Gasteiger partial charge in [0.15, 0.2) is 0 Å². The first-order valence-corrected chi connectivity index (χ1v) is 9.48. The quantitative estimate of drug-likeness (QED) is 0.630. The zero-order valence-electron chi connectivity index (χ0n) is 14.9. The summed E-state index contributed by atoms with van der Waals surface area (Å²) in [4.78, 5) is 4.77. The highest BCUT2D eigenvalue weighted by Gasteiger charge is 2.15. The number of aryl methyl sites for hydroxylation is 1. The van der Waals surface area contributed by atoms with E-state index in [0.29, 0.717) is 6.04 Å². The Balaban J connectivity index is 1.50. The van der Waals surface area contributed by atoms with Crippen LogP contribution in [0.4, 0.5) is 0 Å². The molecule has 1 heterocycles. The Morgan fingerprint density at radius 1 is 1.00 bits per heavy atom. The molecule has 2 aromatic carbocycles. The lowest BCUT2D eigenvalue weighted by Crippen LogP contribution is -2.28. The summed E-state index contributed by atoms with van der Waals surface area (Å²) < 4.78 is 5.96. The van der Waals surface area contributed by atoms with Crippen molar-refractivity contribution in [3.8, 4) is 11.5 Å². The van der Waals surface area contributed by atoms with Gasteiger partial charge in [0.05, 0.1) is 5.69 Å². The molecule has 4 rings (SSSR count). The Bertz CT molecular complexity index is 844. The van der Waals surface area contributed by atoms with Crippen molar-refractivity contribution in [2.75, 3.05) is 0 Å². The van der Waals surface area contributed by atoms with Gasteiger partial charge in [-0.2, -0.15) is 0 Å². The van der Waals surface area contributed by atoms with Gasteiger partial charge >= 0.3 is 0 Å². The van der Waals surface area contributed by atoms with Gasteiger partial charge in [0, 0.05) is 18.2 Å². The van der Waals surface area contributed by atoms with E-state index in [9.17, 15) is 0 Å². The van der Waals surface area contributed by atoms with Crippen LogP contribution in [0.1, 0.15) is 50.0 Å². The lowest BCUT2D eigenvalue weighted by Gasteiger charge is -2.15. The molecule has 3 nitrogen and oxygen atoms in total. The third kappa shape index (κ3) is 3.77. The average Bonchev–Trinajstić information content (AvgIpc) is 2.84. The summed E-state index contributed by atoms with van der Waals surface area (Å²) in [5.74, 6) is 1.64. The maximum absolute atomic E-state index is 5.96. The van der Waals surface area contributed by atoms with Gasteiger partial charge in [0.25, 0.3) is 0 Å². The average molecular weight is 334 g/mol. The number of nitrogens with one attached hydrogen (secondary N) is 1. The van der Waals surface area contributed by atoms with Crippen molar-refractivity contribution in [2.45, 2.75) is 58.0 Å². The van der Waals surface area contributed by atoms with E-state index in [1.54, 1.807) is 0 Å². The molecule has 0 saturated heterocycles. The fourth-order valence-corrected chi connectivity index (χ4v) is 3.76.